The second kappa shape index (κ2) is 4.84. The number of rotatable bonds is 4. The van der Waals surface area contributed by atoms with E-state index < -0.39 is 10.0 Å². The maximum Gasteiger partial charge on any atom is 0.238 e. The highest BCUT2D eigenvalue weighted by molar-refractivity contribution is 7.89. The van der Waals surface area contributed by atoms with E-state index in [1.807, 2.05) is 12.1 Å². The van der Waals surface area contributed by atoms with Crippen LogP contribution in [-0.2, 0) is 10.0 Å². The molecule has 122 valence electrons. The van der Waals surface area contributed by atoms with Crippen LogP contribution in [0.2, 0.25) is 0 Å². The minimum Gasteiger partial charge on any atom is -0.225 e. The molecular formula is C16H19N3O2S2. The van der Waals surface area contributed by atoms with Crippen molar-refractivity contribution in [1.29, 1.82) is 0 Å². The Hall–Kier alpha value is -1.31. The zero-order valence-electron chi connectivity index (χ0n) is 13.1. The molecule has 2 saturated carbocycles. The molecule has 2 aliphatic rings. The molecule has 1 aromatic heterocycles. The first-order chi connectivity index (χ1) is 10.8. The van der Waals surface area contributed by atoms with Gasteiger partial charge in [0.05, 0.1) is 4.90 Å². The lowest BCUT2D eigenvalue weighted by molar-refractivity contribution is 0.597. The van der Waals surface area contributed by atoms with Crippen molar-refractivity contribution in [3.05, 3.63) is 39.8 Å². The molecule has 23 heavy (non-hydrogen) atoms. The minimum atomic E-state index is -3.64. The molecule has 2 N–H and O–H groups in total. The van der Waals surface area contributed by atoms with Gasteiger partial charge in [-0.15, -0.1) is 21.5 Å². The molecular weight excluding hydrogens is 330 g/mol. The van der Waals surface area contributed by atoms with Crippen LogP contribution < -0.4 is 5.14 Å². The predicted octanol–water partition coefficient (Wildman–Crippen LogP) is 2.97. The van der Waals surface area contributed by atoms with E-state index in [4.69, 9.17) is 5.14 Å². The number of nitrogens with two attached hydrogens (primary N) is 1. The summed E-state index contributed by atoms with van der Waals surface area (Å²) in [5.41, 5.74) is 1.25. The number of nitrogens with zero attached hydrogens (tertiary/aromatic N) is 2. The zero-order chi connectivity index (χ0) is 16.4. The molecule has 2 aromatic rings. The van der Waals surface area contributed by atoms with Crippen molar-refractivity contribution >= 4 is 21.4 Å². The zero-order valence-corrected chi connectivity index (χ0v) is 14.7. The number of primary sulfonamides is 1. The van der Waals surface area contributed by atoms with Crippen molar-refractivity contribution in [2.45, 2.75) is 49.3 Å². The molecule has 0 aliphatic heterocycles. The Morgan fingerprint density at radius 2 is 1.70 bits per heavy atom. The van der Waals surface area contributed by atoms with Crippen LogP contribution in [0.25, 0.3) is 0 Å². The Kier molecular flexibility index (Phi) is 3.21. The standard InChI is InChI=1S/C16H19N3O2S2/c1-16(2)12(9-5-7-11(8-6-9)23(17,20)21)13(16)15-19-18-14(22-15)10-3-4-10/h5-8,10,12-13H,3-4H2,1-2H3,(H2,17,20,21)/t12-,13+/m0/s1. The molecule has 7 heteroatoms. The van der Waals surface area contributed by atoms with E-state index in [9.17, 15) is 8.42 Å². The Bertz CT molecular complexity index is 852. The van der Waals surface area contributed by atoms with Crippen LogP contribution in [0.4, 0.5) is 0 Å². The van der Waals surface area contributed by atoms with E-state index >= 15 is 0 Å². The van der Waals surface area contributed by atoms with Gasteiger partial charge in [0.2, 0.25) is 10.0 Å². The van der Waals surface area contributed by atoms with Gasteiger partial charge >= 0.3 is 0 Å². The summed E-state index contributed by atoms with van der Waals surface area (Å²) < 4.78 is 22.8. The van der Waals surface area contributed by atoms with Crippen LogP contribution in [0, 0.1) is 5.41 Å². The van der Waals surface area contributed by atoms with Crippen LogP contribution in [0.15, 0.2) is 29.2 Å². The van der Waals surface area contributed by atoms with Gasteiger partial charge in [-0.2, -0.15) is 0 Å². The fourth-order valence-corrected chi connectivity index (χ4v) is 5.32. The van der Waals surface area contributed by atoms with E-state index in [-0.39, 0.29) is 10.3 Å². The Morgan fingerprint density at radius 1 is 1.09 bits per heavy atom. The Labute approximate surface area is 140 Å². The molecule has 0 spiro atoms. The van der Waals surface area contributed by atoms with Gasteiger partial charge in [-0.25, -0.2) is 13.6 Å². The molecule has 0 amide bonds. The fourth-order valence-electron chi connectivity index (χ4n) is 3.45. The molecule has 2 atom stereocenters. The molecule has 4 rings (SSSR count). The first-order valence-electron chi connectivity index (χ1n) is 7.74. The fraction of sp³-hybridized carbons (Fsp3) is 0.500. The van der Waals surface area contributed by atoms with Gasteiger partial charge in [-0.3, -0.25) is 0 Å². The van der Waals surface area contributed by atoms with E-state index in [1.165, 1.54) is 17.8 Å². The average Bonchev–Trinajstić information content (AvgIpc) is 3.36. The van der Waals surface area contributed by atoms with Crippen molar-refractivity contribution in [1.82, 2.24) is 10.2 Å². The largest absolute Gasteiger partial charge is 0.238 e. The Balaban J connectivity index is 1.61. The second-order valence-electron chi connectivity index (χ2n) is 7.14. The summed E-state index contributed by atoms with van der Waals surface area (Å²) in [4.78, 5) is 0.156. The van der Waals surface area contributed by atoms with E-state index in [1.54, 1.807) is 23.5 Å². The van der Waals surface area contributed by atoms with Crippen molar-refractivity contribution in [2.75, 3.05) is 0 Å². The Morgan fingerprint density at radius 3 is 2.26 bits per heavy atom. The summed E-state index contributed by atoms with van der Waals surface area (Å²) in [5, 5.41) is 16.2. The molecule has 1 heterocycles. The quantitative estimate of drug-likeness (QED) is 0.919. The number of benzene rings is 1. The third kappa shape index (κ3) is 2.60. The lowest BCUT2D eigenvalue weighted by Crippen LogP contribution is -2.11. The number of hydrogen-bond acceptors (Lipinski definition) is 5. The van der Waals surface area contributed by atoms with Gasteiger partial charge in [0, 0.05) is 11.8 Å². The van der Waals surface area contributed by atoms with Gasteiger partial charge in [0.25, 0.3) is 0 Å². The first kappa shape index (κ1) is 15.2. The summed E-state index contributed by atoms with van der Waals surface area (Å²) in [5.74, 6) is 1.33. The molecule has 0 bridgehead atoms. The molecule has 5 nitrogen and oxygen atoms in total. The van der Waals surface area contributed by atoms with Crippen molar-refractivity contribution in [2.24, 2.45) is 10.6 Å². The number of aromatic nitrogens is 2. The minimum absolute atomic E-state index is 0.115. The smallest absolute Gasteiger partial charge is 0.225 e. The molecule has 2 fully saturated rings. The van der Waals surface area contributed by atoms with Gasteiger partial charge in [0.1, 0.15) is 10.0 Å². The van der Waals surface area contributed by atoms with E-state index in [0.29, 0.717) is 17.8 Å². The molecule has 2 aliphatic carbocycles. The predicted molar refractivity (Wildman–Crippen MR) is 89.0 cm³/mol. The molecule has 0 unspecified atom stereocenters. The second-order valence-corrected chi connectivity index (χ2v) is 9.75. The summed E-state index contributed by atoms with van der Waals surface area (Å²) in [6.07, 6.45) is 2.47. The summed E-state index contributed by atoms with van der Waals surface area (Å²) in [7, 11) is -3.64. The van der Waals surface area contributed by atoms with E-state index in [0.717, 1.165) is 10.6 Å². The number of hydrogen-bond donors (Lipinski definition) is 1. The third-order valence-corrected chi connectivity index (χ3v) is 7.14. The third-order valence-electron chi connectivity index (χ3n) is 5.04. The van der Waals surface area contributed by atoms with Gasteiger partial charge < -0.3 is 0 Å². The van der Waals surface area contributed by atoms with Crippen LogP contribution in [0.3, 0.4) is 0 Å². The maximum atomic E-state index is 11.4. The highest BCUT2D eigenvalue weighted by atomic mass is 32.2. The van der Waals surface area contributed by atoms with Crippen molar-refractivity contribution < 1.29 is 8.42 Å². The van der Waals surface area contributed by atoms with Gasteiger partial charge in [-0.05, 0) is 41.9 Å². The molecule has 1 aromatic carbocycles. The highest BCUT2D eigenvalue weighted by Gasteiger charge is 2.60. The molecule has 0 saturated heterocycles. The summed E-state index contributed by atoms with van der Waals surface area (Å²) >= 11 is 1.74. The summed E-state index contributed by atoms with van der Waals surface area (Å²) in [6.45, 7) is 4.46. The van der Waals surface area contributed by atoms with Crippen LogP contribution in [-0.4, -0.2) is 18.6 Å². The lowest BCUT2D eigenvalue weighted by Gasteiger charge is -2.04. The SMILES string of the molecule is CC1(C)[C@@H](c2ccc(S(N)(=O)=O)cc2)[C@@H]1c1nnc(C2CC2)s1. The van der Waals surface area contributed by atoms with Crippen LogP contribution >= 0.6 is 11.3 Å². The average molecular weight is 349 g/mol. The maximum absolute atomic E-state index is 11.4. The van der Waals surface area contributed by atoms with Gasteiger partial charge in [-0.1, -0.05) is 26.0 Å². The van der Waals surface area contributed by atoms with Crippen molar-refractivity contribution in [3.63, 3.8) is 0 Å². The van der Waals surface area contributed by atoms with Crippen molar-refractivity contribution in [3.8, 4) is 0 Å². The van der Waals surface area contributed by atoms with Crippen LogP contribution in [0.1, 0.15) is 60.0 Å². The van der Waals surface area contributed by atoms with E-state index in [2.05, 4.69) is 24.0 Å². The monoisotopic (exact) mass is 349 g/mol. The van der Waals surface area contributed by atoms with Crippen LogP contribution in [0.5, 0.6) is 0 Å². The lowest BCUT2D eigenvalue weighted by atomic mass is 10.0. The topological polar surface area (TPSA) is 85.9 Å². The van der Waals surface area contributed by atoms with Gasteiger partial charge in [0.15, 0.2) is 0 Å². The highest BCUT2D eigenvalue weighted by Crippen LogP contribution is 2.70. The molecule has 0 radical (unpaired) electrons. The first-order valence-corrected chi connectivity index (χ1v) is 10.1. The summed E-state index contributed by atoms with van der Waals surface area (Å²) in [6, 6.07) is 6.92. The number of sulfonamides is 1. The normalized spacial score (nSPS) is 26.2.